The summed E-state index contributed by atoms with van der Waals surface area (Å²) in [4.78, 5) is 35.2. The summed E-state index contributed by atoms with van der Waals surface area (Å²) in [7, 11) is 0. The van der Waals surface area contributed by atoms with Gasteiger partial charge in [-0.1, -0.05) is 197 Å². The lowest BCUT2D eigenvalue weighted by Crippen LogP contribution is -2.28. The van der Waals surface area contributed by atoms with Gasteiger partial charge in [-0.3, -0.25) is 14.4 Å². The van der Waals surface area contributed by atoms with E-state index in [2.05, 4.69) is 67.8 Å². The number of nitrogens with one attached hydrogen (secondary N) is 1. The molecule has 0 aromatic rings. The number of rotatable bonds is 40. The van der Waals surface area contributed by atoms with E-state index in [9.17, 15) is 14.4 Å². The highest BCUT2D eigenvalue weighted by atomic mass is 16.5. The summed E-state index contributed by atoms with van der Waals surface area (Å²) in [6.45, 7) is 4.07. The first-order valence-electron chi connectivity index (χ1n) is 22.4. The van der Waals surface area contributed by atoms with E-state index in [4.69, 9.17) is 9.84 Å². The molecule has 1 atom stereocenters. The second-order valence-corrected chi connectivity index (χ2v) is 14.9. The zero-order valence-electron chi connectivity index (χ0n) is 35.1. The molecule has 0 aromatic heterocycles. The van der Waals surface area contributed by atoms with Gasteiger partial charge >= 0.3 is 11.9 Å². The lowest BCUT2D eigenvalue weighted by molar-refractivity contribution is -0.147. The average molecular weight is 754 g/mol. The highest BCUT2D eigenvalue weighted by Crippen LogP contribution is 2.16. The lowest BCUT2D eigenvalue weighted by atomic mass is 10.0. The molecule has 0 aromatic carbocycles. The predicted octanol–water partition coefficient (Wildman–Crippen LogP) is 14.0. The Hall–Kier alpha value is -2.89. The van der Waals surface area contributed by atoms with Crippen molar-refractivity contribution in [3.05, 3.63) is 60.8 Å². The number of allylic oxidation sites excluding steroid dienone is 9. The van der Waals surface area contributed by atoms with E-state index >= 15 is 0 Å². The molecule has 0 aliphatic rings. The molecule has 310 valence electrons. The fourth-order valence-corrected chi connectivity index (χ4v) is 6.40. The quantitative estimate of drug-likeness (QED) is 0.0369. The normalized spacial score (nSPS) is 12.6. The molecule has 1 unspecified atom stereocenters. The van der Waals surface area contributed by atoms with Gasteiger partial charge in [-0.2, -0.15) is 0 Å². The fourth-order valence-electron chi connectivity index (χ4n) is 6.40. The second kappa shape index (κ2) is 42.8. The minimum Gasteiger partial charge on any atom is -0.480 e. The number of esters is 1. The van der Waals surface area contributed by atoms with Gasteiger partial charge in [0.15, 0.2) is 0 Å². The van der Waals surface area contributed by atoms with E-state index < -0.39 is 5.97 Å². The van der Waals surface area contributed by atoms with Crippen LogP contribution in [0.5, 0.6) is 0 Å². The third-order valence-electron chi connectivity index (χ3n) is 9.69. The summed E-state index contributed by atoms with van der Waals surface area (Å²) in [6, 6.07) is 0. The highest BCUT2D eigenvalue weighted by molar-refractivity contribution is 5.80. The van der Waals surface area contributed by atoms with Gasteiger partial charge in [0, 0.05) is 12.8 Å². The number of carbonyl (C=O) groups excluding carboxylic acids is 2. The number of hydrogen-bond acceptors (Lipinski definition) is 4. The SMILES string of the molecule is CC/C=C\C/C=C\C/C=C\C/C=C\C/C=C\C(CCCCC(=O)NCC(=O)O)OC(=O)CCCCCCCCCCCCCCCCCCCCCCC. The van der Waals surface area contributed by atoms with Crippen molar-refractivity contribution in [2.45, 2.75) is 219 Å². The maximum atomic E-state index is 12.7. The number of hydrogen-bond donors (Lipinski definition) is 2. The van der Waals surface area contributed by atoms with Crippen molar-refractivity contribution in [2.24, 2.45) is 0 Å². The van der Waals surface area contributed by atoms with E-state index in [0.29, 0.717) is 25.7 Å². The molecule has 0 fully saturated rings. The molecule has 0 saturated heterocycles. The number of carboxylic acids is 1. The van der Waals surface area contributed by atoms with Gasteiger partial charge in [-0.05, 0) is 63.9 Å². The molecule has 2 N–H and O–H groups in total. The van der Waals surface area contributed by atoms with Gasteiger partial charge in [0.2, 0.25) is 5.91 Å². The number of unbranched alkanes of at least 4 members (excludes halogenated alkanes) is 21. The van der Waals surface area contributed by atoms with Crippen LogP contribution in [0, 0.1) is 0 Å². The Kier molecular flexibility index (Phi) is 40.6. The maximum absolute atomic E-state index is 12.7. The molecule has 0 heterocycles. The topological polar surface area (TPSA) is 92.7 Å². The number of aliphatic carboxylic acids is 1. The molecule has 1 amide bonds. The first-order valence-corrected chi connectivity index (χ1v) is 22.4. The van der Waals surface area contributed by atoms with Crippen molar-refractivity contribution in [1.82, 2.24) is 5.32 Å². The van der Waals surface area contributed by atoms with Crippen LogP contribution in [0.1, 0.15) is 213 Å². The van der Waals surface area contributed by atoms with E-state index in [1.165, 1.54) is 122 Å². The smallest absolute Gasteiger partial charge is 0.322 e. The van der Waals surface area contributed by atoms with Crippen molar-refractivity contribution >= 4 is 17.8 Å². The van der Waals surface area contributed by atoms with Crippen LogP contribution >= 0.6 is 0 Å². The lowest BCUT2D eigenvalue weighted by Gasteiger charge is -2.14. The zero-order valence-corrected chi connectivity index (χ0v) is 35.1. The monoisotopic (exact) mass is 754 g/mol. The molecule has 6 nitrogen and oxygen atoms in total. The molecule has 0 saturated carbocycles. The van der Waals surface area contributed by atoms with Crippen LogP contribution in [-0.2, 0) is 19.1 Å². The van der Waals surface area contributed by atoms with Crippen LogP contribution < -0.4 is 5.32 Å². The number of carbonyl (C=O) groups is 3. The first kappa shape index (κ1) is 51.1. The molecule has 54 heavy (non-hydrogen) atoms. The van der Waals surface area contributed by atoms with Crippen LogP contribution in [0.15, 0.2) is 60.8 Å². The standard InChI is InChI=1S/C48H83NO5/c1-3-5-7-9-11-13-15-17-19-20-21-22-23-24-25-27-29-31-33-35-37-43-48(53)54-45(41-38-39-42-46(50)49-44-47(51)52)40-36-34-32-30-28-26-18-16-14-12-10-8-6-4-2/h6,8,12,14,18,26,30,32,36,40,45H,3-5,7,9-11,13,15-17,19-25,27-29,31,33-35,37-39,41-44H2,1-2H3,(H,49,50)(H,51,52)/b8-6-,14-12-,26-18-,32-30-,40-36-. The molecule has 0 rings (SSSR count). The molecule has 0 bridgehead atoms. The van der Waals surface area contributed by atoms with Gasteiger partial charge in [0.1, 0.15) is 12.6 Å². The van der Waals surface area contributed by atoms with Crippen molar-refractivity contribution in [3.8, 4) is 0 Å². The van der Waals surface area contributed by atoms with Gasteiger partial charge in [-0.15, -0.1) is 0 Å². The average Bonchev–Trinajstić information content (AvgIpc) is 3.16. The van der Waals surface area contributed by atoms with E-state index in [1.807, 2.05) is 12.2 Å². The maximum Gasteiger partial charge on any atom is 0.322 e. The largest absolute Gasteiger partial charge is 0.480 e. The van der Waals surface area contributed by atoms with Gasteiger partial charge in [0.05, 0.1) is 0 Å². The number of carboxylic acid groups (broad SMARTS) is 1. The molecular formula is C48H83NO5. The number of ether oxygens (including phenoxy) is 1. The van der Waals surface area contributed by atoms with Crippen molar-refractivity contribution in [2.75, 3.05) is 6.54 Å². The van der Waals surface area contributed by atoms with Gasteiger partial charge < -0.3 is 15.2 Å². The van der Waals surface area contributed by atoms with Crippen LogP contribution in [-0.4, -0.2) is 35.6 Å². The van der Waals surface area contributed by atoms with E-state index in [0.717, 1.165) is 44.9 Å². The summed E-state index contributed by atoms with van der Waals surface area (Å²) in [5, 5.41) is 11.1. The first-order chi connectivity index (χ1) is 26.5. The van der Waals surface area contributed by atoms with Crippen LogP contribution in [0.3, 0.4) is 0 Å². The minimum absolute atomic E-state index is 0.155. The summed E-state index contributed by atoms with van der Waals surface area (Å²) in [5.74, 6) is -1.47. The molecule has 0 aliphatic carbocycles. The Labute approximate surface area is 332 Å². The highest BCUT2D eigenvalue weighted by Gasteiger charge is 2.12. The fraction of sp³-hybridized carbons (Fsp3) is 0.729. The molecule has 0 aliphatic heterocycles. The Morgan fingerprint density at radius 1 is 0.500 bits per heavy atom. The van der Waals surface area contributed by atoms with Crippen LogP contribution in [0.2, 0.25) is 0 Å². The summed E-state index contributed by atoms with van der Waals surface area (Å²) in [5.41, 5.74) is 0. The van der Waals surface area contributed by atoms with Crippen molar-refractivity contribution < 1.29 is 24.2 Å². The molecular weight excluding hydrogens is 671 g/mol. The summed E-state index contributed by atoms with van der Waals surface area (Å²) in [6.07, 6.45) is 56.5. The zero-order chi connectivity index (χ0) is 39.4. The van der Waals surface area contributed by atoms with Gasteiger partial charge in [-0.25, -0.2) is 0 Å². The Bertz CT molecular complexity index is 1010. The van der Waals surface area contributed by atoms with Crippen LogP contribution in [0.25, 0.3) is 0 Å². The Morgan fingerprint density at radius 3 is 1.31 bits per heavy atom. The van der Waals surface area contributed by atoms with Crippen LogP contribution in [0.4, 0.5) is 0 Å². The molecule has 0 radical (unpaired) electrons. The molecule has 0 spiro atoms. The van der Waals surface area contributed by atoms with E-state index in [1.54, 1.807) is 0 Å². The minimum atomic E-state index is -1.05. The number of amides is 1. The van der Waals surface area contributed by atoms with Crippen molar-refractivity contribution in [1.29, 1.82) is 0 Å². The Balaban J connectivity index is 4.14. The Morgan fingerprint density at radius 2 is 0.889 bits per heavy atom. The predicted molar refractivity (Wildman–Crippen MR) is 231 cm³/mol. The summed E-state index contributed by atoms with van der Waals surface area (Å²) >= 11 is 0. The third kappa shape index (κ3) is 41.9. The van der Waals surface area contributed by atoms with Gasteiger partial charge in [0.25, 0.3) is 0 Å². The summed E-state index contributed by atoms with van der Waals surface area (Å²) < 4.78 is 5.84. The second-order valence-electron chi connectivity index (χ2n) is 14.9. The van der Waals surface area contributed by atoms with E-state index in [-0.39, 0.29) is 30.9 Å². The molecule has 6 heteroatoms. The third-order valence-corrected chi connectivity index (χ3v) is 9.69. The van der Waals surface area contributed by atoms with Crippen molar-refractivity contribution in [3.63, 3.8) is 0 Å².